The van der Waals surface area contributed by atoms with E-state index < -0.39 is 0 Å². The molecule has 1 aliphatic heterocycles. The largest absolute Gasteiger partial charge is 0.338 e. The smallest absolute Gasteiger partial charge is 0.182 e. The molecular weight excluding hydrogens is 152 g/mol. The van der Waals surface area contributed by atoms with E-state index in [2.05, 4.69) is 32.1 Å². The molecule has 1 atom stereocenters. The van der Waals surface area contributed by atoms with Gasteiger partial charge in [-0.1, -0.05) is 5.92 Å². The van der Waals surface area contributed by atoms with Gasteiger partial charge in [0.05, 0.1) is 0 Å². The summed E-state index contributed by atoms with van der Waals surface area (Å²) in [6.07, 6.45) is 5.18. The quantitative estimate of drug-likeness (QED) is 0.515. The summed E-state index contributed by atoms with van der Waals surface area (Å²) in [5.41, 5.74) is 0. The van der Waals surface area contributed by atoms with Gasteiger partial charge in [0.15, 0.2) is 12.0 Å². The number of aromatic nitrogens is 2. The maximum atomic E-state index is 4.08. The standard InChI is InChI=1S/C8H8N4/c1(7-9-3-4-10-7)2-8-11-5-6-12-8/h3-5,8,12H,6H2,(H,9,10). The highest BCUT2D eigenvalue weighted by Gasteiger charge is 2.03. The molecule has 2 rings (SSSR count). The molecule has 0 aromatic carbocycles. The number of rotatable bonds is 0. The molecule has 2 N–H and O–H groups in total. The van der Waals surface area contributed by atoms with Gasteiger partial charge in [-0.2, -0.15) is 0 Å². The van der Waals surface area contributed by atoms with Crippen LogP contribution in [0.3, 0.4) is 0 Å². The number of nitrogens with zero attached hydrogens (tertiary/aromatic N) is 2. The van der Waals surface area contributed by atoms with Crippen LogP contribution in [0.15, 0.2) is 17.4 Å². The zero-order chi connectivity index (χ0) is 8.23. The Balaban J connectivity index is 2.05. The molecule has 1 unspecified atom stereocenters. The molecule has 60 valence electrons. The van der Waals surface area contributed by atoms with Crippen LogP contribution in [0.5, 0.6) is 0 Å². The van der Waals surface area contributed by atoms with Gasteiger partial charge in [-0.05, 0) is 5.92 Å². The number of hydrogen-bond donors (Lipinski definition) is 2. The number of imidazole rings is 1. The van der Waals surface area contributed by atoms with Crippen molar-refractivity contribution in [3.8, 4) is 11.8 Å². The average molecular weight is 160 g/mol. The molecule has 0 saturated heterocycles. The number of hydrogen-bond acceptors (Lipinski definition) is 3. The third kappa shape index (κ3) is 1.52. The van der Waals surface area contributed by atoms with Gasteiger partial charge in [0.2, 0.25) is 0 Å². The lowest BCUT2D eigenvalue weighted by Gasteiger charge is -1.94. The van der Waals surface area contributed by atoms with Crippen LogP contribution in [0.2, 0.25) is 0 Å². The van der Waals surface area contributed by atoms with Crippen LogP contribution in [0.4, 0.5) is 0 Å². The van der Waals surface area contributed by atoms with Crippen LogP contribution in [0, 0.1) is 11.8 Å². The van der Waals surface area contributed by atoms with E-state index in [1.807, 2.05) is 6.21 Å². The molecular formula is C8H8N4. The van der Waals surface area contributed by atoms with Crippen molar-refractivity contribution in [1.29, 1.82) is 0 Å². The first-order chi connectivity index (χ1) is 5.95. The van der Waals surface area contributed by atoms with Crippen molar-refractivity contribution in [2.45, 2.75) is 6.17 Å². The van der Waals surface area contributed by atoms with Crippen molar-refractivity contribution in [3.63, 3.8) is 0 Å². The van der Waals surface area contributed by atoms with E-state index in [0.29, 0.717) is 5.82 Å². The number of H-pyrrole nitrogens is 1. The maximum absolute atomic E-state index is 4.08. The predicted octanol–water partition coefficient (Wildman–Crippen LogP) is -0.239. The van der Waals surface area contributed by atoms with Crippen molar-refractivity contribution >= 4 is 6.21 Å². The first kappa shape index (κ1) is 7.07. The molecule has 0 radical (unpaired) electrons. The summed E-state index contributed by atoms with van der Waals surface area (Å²) >= 11 is 0. The van der Waals surface area contributed by atoms with Gasteiger partial charge in [0.1, 0.15) is 0 Å². The summed E-state index contributed by atoms with van der Waals surface area (Å²) in [5.74, 6) is 6.48. The average Bonchev–Trinajstić information content (AvgIpc) is 2.74. The molecule has 4 nitrogen and oxygen atoms in total. The lowest BCUT2D eigenvalue weighted by atomic mass is 10.5. The van der Waals surface area contributed by atoms with Crippen molar-refractivity contribution in [2.24, 2.45) is 4.99 Å². The highest BCUT2D eigenvalue weighted by Crippen LogP contribution is 1.89. The minimum atomic E-state index is -0.0601. The van der Waals surface area contributed by atoms with Crippen molar-refractivity contribution in [2.75, 3.05) is 6.54 Å². The third-order valence-corrected chi connectivity index (χ3v) is 1.48. The summed E-state index contributed by atoms with van der Waals surface area (Å²) in [4.78, 5) is 10.9. The molecule has 1 aromatic heterocycles. The van der Waals surface area contributed by atoms with Gasteiger partial charge in [0.25, 0.3) is 0 Å². The van der Waals surface area contributed by atoms with E-state index in [9.17, 15) is 0 Å². The van der Waals surface area contributed by atoms with Gasteiger partial charge in [0, 0.05) is 25.2 Å². The normalized spacial score (nSPS) is 20.5. The van der Waals surface area contributed by atoms with E-state index in [1.54, 1.807) is 12.4 Å². The van der Waals surface area contributed by atoms with Gasteiger partial charge in [-0.25, -0.2) is 4.98 Å². The minimum absolute atomic E-state index is 0.0601. The molecule has 0 amide bonds. The maximum Gasteiger partial charge on any atom is 0.182 e. The first-order valence-electron chi connectivity index (χ1n) is 3.71. The van der Waals surface area contributed by atoms with E-state index in [1.165, 1.54) is 0 Å². The van der Waals surface area contributed by atoms with Crippen LogP contribution >= 0.6 is 0 Å². The van der Waals surface area contributed by atoms with Crippen molar-refractivity contribution in [1.82, 2.24) is 15.3 Å². The third-order valence-electron chi connectivity index (χ3n) is 1.48. The van der Waals surface area contributed by atoms with Gasteiger partial charge in [-0.15, -0.1) is 0 Å². The fourth-order valence-corrected chi connectivity index (χ4v) is 0.934. The zero-order valence-corrected chi connectivity index (χ0v) is 6.41. The lowest BCUT2D eigenvalue weighted by Crippen LogP contribution is -2.19. The second-order valence-corrected chi connectivity index (χ2v) is 2.35. The molecule has 2 heterocycles. The molecule has 0 spiro atoms. The van der Waals surface area contributed by atoms with Crippen molar-refractivity contribution in [3.05, 3.63) is 18.2 Å². The van der Waals surface area contributed by atoms with Crippen molar-refractivity contribution < 1.29 is 0 Å². The topological polar surface area (TPSA) is 53.1 Å². The van der Waals surface area contributed by atoms with Crippen LogP contribution < -0.4 is 5.32 Å². The summed E-state index contributed by atoms with van der Waals surface area (Å²) in [5, 5.41) is 3.08. The first-order valence-corrected chi connectivity index (χ1v) is 3.71. The second kappa shape index (κ2) is 3.20. The molecule has 0 aliphatic carbocycles. The predicted molar refractivity (Wildman–Crippen MR) is 45.7 cm³/mol. The molecule has 0 bridgehead atoms. The summed E-state index contributed by atoms with van der Waals surface area (Å²) in [6, 6.07) is 0. The van der Waals surface area contributed by atoms with E-state index in [4.69, 9.17) is 0 Å². The molecule has 1 aliphatic rings. The van der Waals surface area contributed by atoms with E-state index in [0.717, 1.165) is 6.54 Å². The van der Waals surface area contributed by atoms with E-state index >= 15 is 0 Å². The summed E-state index contributed by atoms with van der Waals surface area (Å²) in [6.45, 7) is 0.803. The van der Waals surface area contributed by atoms with Crippen LogP contribution in [0.1, 0.15) is 5.82 Å². The Morgan fingerprint density at radius 3 is 3.25 bits per heavy atom. The fourth-order valence-electron chi connectivity index (χ4n) is 0.934. The fraction of sp³-hybridized carbons (Fsp3) is 0.250. The highest BCUT2D eigenvalue weighted by atomic mass is 15.1. The van der Waals surface area contributed by atoms with Gasteiger partial charge in [-0.3, -0.25) is 10.3 Å². The highest BCUT2D eigenvalue weighted by molar-refractivity contribution is 5.62. The monoisotopic (exact) mass is 160 g/mol. The zero-order valence-electron chi connectivity index (χ0n) is 6.41. The number of aliphatic imine (C=N–C) groups is 1. The Morgan fingerprint density at radius 2 is 2.58 bits per heavy atom. The summed E-state index contributed by atoms with van der Waals surface area (Å²) < 4.78 is 0. The van der Waals surface area contributed by atoms with E-state index in [-0.39, 0.29) is 6.17 Å². The SMILES string of the molecule is C(#CC1N=CCN1)c1ncc[nH]1. The van der Waals surface area contributed by atoms with Crippen LogP contribution in [0.25, 0.3) is 0 Å². The van der Waals surface area contributed by atoms with Crippen LogP contribution in [-0.4, -0.2) is 28.9 Å². The van der Waals surface area contributed by atoms with Crippen LogP contribution in [-0.2, 0) is 0 Å². The number of nitrogens with one attached hydrogen (secondary N) is 2. The second-order valence-electron chi connectivity index (χ2n) is 2.35. The Kier molecular flexibility index (Phi) is 1.88. The Morgan fingerprint density at radius 1 is 1.58 bits per heavy atom. The molecule has 1 aromatic rings. The minimum Gasteiger partial charge on any atom is -0.338 e. The molecule has 0 fully saturated rings. The summed E-state index contributed by atoms with van der Waals surface area (Å²) in [7, 11) is 0. The lowest BCUT2D eigenvalue weighted by molar-refractivity contribution is 0.739. The Hall–Kier alpha value is -1.60. The Labute approximate surface area is 70.1 Å². The molecule has 12 heavy (non-hydrogen) atoms. The van der Waals surface area contributed by atoms with Gasteiger partial charge < -0.3 is 4.98 Å². The Bertz CT molecular complexity index is 328. The number of aromatic amines is 1. The molecule has 0 saturated carbocycles. The van der Waals surface area contributed by atoms with Gasteiger partial charge >= 0.3 is 0 Å². The molecule has 4 heteroatoms.